The molecular formula is C14H13N3O3. The van der Waals surface area contributed by atoms with Gasteiger partial charge in [0.15, 0.2) is 5.82 Å². The Kier molecular flexibility index (Phi) is 2.67. The highest BCUT2D eigenvalue weighted by Gasteiger charge is 2.38. The number of anilines is 1. The van der Waals surface area contributed by atoms with E-state index in [-0.39, 0.29) is 6.54 Å². The first kappa shape index (κ1) is 12.5. The maximum absolute atomic E-state index is 12.2. The average molecular weight is 271 g/mol. The van der Waals surface area contributed by atoms with Crippen LogP contribution in [0.1, 0.15) is 33.2 Å². The highest BCUT2D eigenvalue weighted by Crippen LogP contribution is 2.35. The number of rotatable bonds is 2. The standard InChI is InChI=1S/C14H13N3O3/c1-7-4-5-8(2)12-11(7)13(18)14(19)17(12)6-10-15-9(3)20-16-10/h4-5H,6H2,1-3H3. The van der Waals surface area contributed by atoms with E-state index in [0.29, 0.717) is 23.0 Å². The smallest absolute Gasteiger partial charge is 0.299 e. The lowest BCUT2D eigenvalue weighted by Crippen LogP contribution is -2.30. The van der Waals surface area contributed by atoms with Gasteiger partial charge in [-0.2, -0.15) is 4.98 Å². The van der Waals surface area contributed by atoms with Crippen molar-refractivity contribution in [3.05, 3.63) is 40.5 Å². The van der Waals surface area contributed by atoms with Crippen molar-refractivity contribution in [1.82, 2.24) is 10.1 Å². The summed E-state index contributed by atoms with van der Waals surface area (Å²) in [5.74, 6) is -0.196. The summed E-state index contributed by atoms with van der Waals surface area (Å²) in [6, 6.07) is 3.75. The Morgan fingerprint density at radius 2 is 1.85 bits per heavy atom. The summed E-state index contributed by atoms with van der Waals surface area (Å²) in [5.41, 5.74) is 2.82. The van der Waals surface area contributed by atoms with Gasteiger partial charge in [0.2, 0.25) is 5.89 Å². The lowest BCUT2D eigenvalue weighted by atomic mass is 10.0. The van der Waals surface area contributed by atoms with E-state index in [4.69, 9.17) is 4.52 Å². The van der Waals surface area contributed by atoms with Crippen molar-refractivity contribution < 1.29 is 14.1 Å². The Bertz CT molecular complexity index is 733. The van der Waals surface area contributed by atoms with Crippen LogP contribution in [0.4, 0.5) is 5.69 Å². The molecule has 1 amide bonds. The fourth-order valence-corrected chi connectivity index (χ4v) is 2.46. The molecule has 1 aliphatic heterocycles. The number of Topliss-reactive ketones (excluding diaryl/α,β-unsaturated/α-hetero) is 1. The fourth-order valence-electron chi connectivity index (χ4n) is 2.46. The van der Waals surface area contributed by atoms with Gasteiger partial charge in [0.25, 0.3) is 11.7 Å². The molecule has 0 unspecified atom stereocenters. The second kappa shape index (κ2) is 4.26. The van der Waals surface area contributed by atoms with Crippen molar-refractivity contribution in [1.29, 1.82) is 0 Å². The molecule has 3 rings (SSSR count). The van der Waals surface area contributed by atoms with Gasteiger partial charge in [0.05, 0.1) is 17.8 Å². The number of ketones is 1. The van der Waals surface area contributed by atoms with Gasteiger partial charge in [-0.1, -0.05) is 17.3 Å². The van der Waals surface area contributed by atoms with Gasteiger partial charge in [-0.25, -0.2) is 0 Å². The summed E-state index contributed by atoms with van der Waals surface area (Å²) in [5, 5.41) is 3.77. The zero-order valence-corrected chi connectivity index (χ0v) is 11.4. The van der Waals surface area contributed by atoms with E-state index in [9.17, 15) is 9.59 Å². The molecule has 6 heteroatoms. The largest absolute Gasteiger partial charge is 0.340 e. The number of benzene rings is 1. The van der Waals surface area contributed by atoms with Crippen LogP contribution in [0.5, 0.6) is 0 Å². The number of fused-ring (bicyclic) bond motifs is 1. The lowest BCUT2D eigenvalue weighted by Gasteiger charge is -2.16. The SMILES string of the molecule is Cc1nc(CN2C(=O)C(=O)c3c(C)ccc(C)c32)no1. The highest BCUT2D eigenvalue weighted by atomic mass is 16.5. The van der Waals surface area contributed by atoms with E-state index in [1.54, 1.807) is 6.92 Å². The van der Waals surface area contributed by atoms with Crippen LogP contribution in [0.3, 0.4) is 0 Å². The van der Waals surface area contributed by atoms with Crippen LogP contribution in [0.15, 0.2) is 16.7 Å². The molecule has 0 fully saturated rings. The second-order valence-corrected chi connectivity index (χ2v) is 4.87. The summed E-state index contributed by atoms with van der Waals surface area (Å²) in [6.07, 6.45) is 0. The molecule has 0 spiro atoms. The number of aryl methyl sites for hydroxylation is 3. The van der Waals surface area contributed by atoms with Gasteiger partial charge in [-0.3, -0.25) is 14.5 Å². The topological polar surface area (TPSA) is 76.3 Å². The van der Waals surface area contributed by atoms with Gasteiger partial charge in [0, 0.05) is 6.92 Å². The van der Waals surface area contributed by atoms with Crippen molar-refractivity contribution in [3.8, 4) is 0 Å². The number of aromatic nitrogens is 2. The van der Waals surface area contributed by atoms with Gasteiger partial charge in [0.1, 0.15) is 0 Å². The second-order valence-electron chi connectivity index (χ2n) is 4.87. The normalized spacial score (nSPS) is 14.1. The van der Waals surface area contributed by atoms with Crippen LogP contribution < -0.4 is 4.90 Å². The Labute approximate surface area is 115 Å². The zero-order chi connectivity index (χ0) is 14.4. The molecule has 20 heavy (non-hydrogen) atoms. The highest BCUT2D eigenvalue weighted by molar-refractivity contribution is 6.52. The third-order valence-corrected chi connectivity index (χ3v) is 3.39. The number of nitrogens with zero attached hydrogens (tertiary/aromatic N) is 3. The van der Waals surface area contributed by atoms with E-state index < -0.39 is 11.7 Å². The van der Waals surface area contributed by atoms with Crippen molar-refractivity contribution >= 4 is 17.4 Å². The van der Waals surface area contributed by atoms with Crippen molar-refractivity contribution in [3.63, 3.8) is 0 Å². The summed E-state index contributed by atoms with van der Waals surface area (Å²) in [6.45, 7) is 5.51. The van der Waals surface area contributed by atoms with Crippen LogP contribution >= 0.6 is 0 Å². The minimum Gasteiger partial charge on any atom is -0.340 e. The molecular weight excluding hydrogens is 258 g/mol. The minimum absolute atomic E-state index is 0.138. The number of amides is 1. The van der Waals surface area contributed by atoms with Gasteiger partial charge < -0.3 is 4.52 Å². The summed E-state index contributed by atoms with van der Waals surface area (Å²) >= 11 is 0. The first-order valence-corrected chi connectivity index (χ1v) is 6.24. The van der Waals surface area contributed by atoms with E-state index in [2.05, 4.69) is 10.1 Å². The summed E-state index contributed by atoms with van der Waals surface area (Å²) in [7, 11) is 0. The molecule has 2 aromatic rings. The number of hydrogen-bond donors (Lipinski definition) is 0. The van der Waals surface area contributed by atoms with Crippen LogP contribution in [-0.4, -0.2) is 21.8 Å². The molecule has 0 bridgehead atoms. The molecule has 6 nitrogen and oxygen atoms in total. The fraction of sp³-hybridized carbons (Fsp3) is 0.286. The quantitative estimate of drug-likeness (QED) is 0.777. The third-order valence-electron chi connectivity index (χ3n) is 3.39. The molecule has 0 radical (unpaired) electrons. The minimum atomic E-state index is -0.542. The molecule has 0 saturated carbocycles. The maximum atomic E-state index is 12.2. The summed E-state index contributed by atoms with van der Waals surface area (Å²) < 4.78 is 4.89. The van der Waals surface area contributed by atoms with E-state index in [1.165, 1.54) is 4.90 Å². The maximum Gasteiger partial charge on any atom is 0.299 e. The lowest BCUT2D eigenvalue weighted by molar-refractivity contribution is -0.114. The first-order valence-electron chi connectivity index (χ1n) is 6.24. The zero-order valence-electron chi connectivity index (χ0n) is 11.4. The van der Waals surface area contributed by atoms with Crippen molar-refractivity contribution in [2.75, 3.05) is 4.90 Å². The molecule has 0 saturated heterocycles. The van der Waals surface area contributed by atoms with Crippen LogP contribution in [0.25, 0.3) is 0 Å². The third kappa shape index (κ3) is 1.72. The van der Waals surface area contributed by atoms with E-state index in [1.807, 2.05) is 26.0 Å². The monoisotopic (exact) mass is 271 g/mol. The van der Waals surface area contributed by atoms with Crippen molar-refractivity contribution in [2.45, 2.75) is 27.3 Å². The van der Waals surface area contributed by atoms with Crippen molar-refractivity contribution in [2.24, 2.45) is 0 Å². The number of carbonyl (C=O) groups excluding carboxylic acids is 2. The Balaban J connectivity index is 2.08. The molecule has 102 valence electrons. The predicted molar refractivity (Wildman–Crippen MR) is 70.5 cm³/mol. The number of carbonyl (C=O) groups is 2. The van der Waals surface area contributed by atoms with Crippen LogP contribution in [0.2, 0.25) is 0 Å². The van der Waals surface area contributed by atoms with E-state index in [0.717, 1.165) is 11.1 Å². The first-order chi connectivity index (χ1) is 9.49. The summed E-state index contributed by atoms with van der Waals surface area (Å²) in [4.78, 5) is 29.8. The Hall–Kier alpha value is -2.50. The Morgan fingerprint density at radius 3 is 2.50 bits per heavy atom. The molecule has 0 atom stereocenters. The molecule has 1 aromatic heterocycles. The molecule has 1 aromatic carbocycles. The van der Waals surface area contributed by atoms with Crippen LogP contribution in [0, 0.1) is 20.8 Å². The van der Waals surface area contributed by atoms with Gasteiger partial charge in [-0.05, 0) is 25.0 Å². The predicted octanol–water partition coefficient (Wildman–Crippen LogP) is 1.72. The number of hydrogen-bond acceptors (Lipinski definition) is 5. The average Bonchev–Trinajstić information content (AvgIpc) is 2.92. The van der Waals surface area contributed by atoms with Gasteiger partial charge in [-0.15, -0.1) is 0 Å². The van der Waals surface area contributed by atoms with E-state index >= 15 is 0 Å². The molecule has 0 aliphatic carbocycles. The molecule has 1 aliphatic rings. The van der Waals surface area contributed by atoms with Gasteiger partial charge >= 0.3 is 0 Å². The Morgan fingerprint density at radius 1 is 1.15 bits per heavy atom. The molecule has 0 N–H and O–H groups in total. The molecule has 2 heterocycles. The van der Waals surface area contributed by atoms with Crippen LogP contribution in [-0.2, 0) is 11.3 Å².